The molecule has 0 unspecified atom stereocenters. The van der Waals surface area contributed by atoms with Crippen LogP contribution < -0.4 is 10.2 Å². The Balaban J connectivity index is 2.23. The zero-order valence-electron chi connectivity index (χ0n) is 14.4. The Hall–Kier alpha value is -3.01. The number of carboxylic acid groups (broad SMARTS) is 1. The fourth-order valence-corrected chi connectivity index (χ4v) is 3.47. The van der Waals surface area contributed by atoms with Crippen LogP contribution in [0.1, 0.15) is 17.4 Å². The van der Waals surface area contributed by atoms with Gasteiger partial charge in [-0.2, -0.15) is 5.10 Å². The third-order valence-corrected chi connectivity index (χ3v) is 4.63. The van der Waals surface area contributed by atoms with E-state index in [9.17, 15) is 27.9 Å². The first-order chi connectivity index (χ1) is 13.2. The van der Waals surface area contributed by atoms with E-state index in [4.69, 9.17) is 0 Å². The highest BCUT2D eigenvalue weighted by molar-refractivity contribution is 7.99. The van der Waals surface area contributed by atoms with E-state index < -0.39 is 29.2 Å². The van der Waals surface area contributed by atoms with E-state index in [0.717, 1.165) is 12.1 Å². The summed E-state index contributed by atoms with van der Waals surface area (Å²) < 4.78 is 42.1. The van der Waals surface area contributed by atoms with E-state index >= 15 is 0 Å². The van der Waals surface area contributed by atoms with Crippen LogP contribution >= 0.6 is 11.8 Å². The van der Waals surface area contributed by atoms with E-state index in [1.807, 2.05) is 6.92 Å². The van der Waals surface area contributed by atoms with Crippen molar-refractivity contribution in [3.63, 3.8) is 0 Å². The summed E-state index contributed by atoms with van der Waals surface area (Å²) in [4.78, 5) is 24.7. The van der Waals surface area contributed by atoms with Gasteiger partial charge >= 0.3 is 12.3 Å². The highest BCUT2D eigenvalue weighted by atomic mass is 32.2. The standard InChI is InChI=1S/C18H13F3N2O4S/c1-2-28-13-5-3-4-12-14(13)16(24)15(17(25)26)22-23(12)10-6-8-11(9-7-10)27-18(19,20)21/h3-9H,2H2,1H3,(H,25,26). The Morgan fingerprint density at radius 2 is 1.89 bits per heavy atom. The highest BCUT2D eigenvalue weighted by Gasteiger charge is 2.31. The van der Waals surface area contributed by atoms with Crippen molar-refractivity contribution in [2.45, 2.75) is 18.2 Å². The average Bonchev–Trinajstić information content (AvgIpc) is 2.62. The maximum atomic E-state index is 12.6. The topological polar surface area (TPSA) is 81.4 Å². The van der Waals surface area contributed by atoms with Crippen molar-refractivity contribution in [1.82, 2.24) is 9.78 Å². The van der Waals surface area contributed by atoms with E-state index in [-0.39, 0.29) is 11.1 Å². The summed E-state index contributed by atoms with van der Waals surface area (Å²) in [6.07, 6.45) is -4.83. The molecule has 28 heavy (non-hydrogen) atoms. The largest absolute Gasteiger partial charge is 0.573 e. The molecule has 146 valence electrons. The predicted octanol–water partition coefficient (Wildman–Crippen LogP) is 4.09. The average molecular weight is 410 g/mol. The third-order valence-electron chi connectivity index (χ3n) is 3.69. The minimum atomic E-state index is -4.83. The van der Waals surface area contributed by atoms with Crippen LogP contribution in [-0.4, -0.2) is 33.0 Å². The molecule has 0 radical (unpaired) electrons. The highest BCUT2D eigenvalue weighted by Crippen LogP contribution is 2.28. The molecule has 0 amide bonds. The lowest BCUT2D eigenvalue weighted by Gasteiger charge is -2.14. The Bertz CT molecular complexity index is 1090. The van der Waals surface area contributed by atoms with Gasteiger partial charge in [-0.15, -0.1) is 24.9 Å². The molecule has 0 fully saturated rings. The second kappa shape index (κ2) is 7.55. The number of thioether (sulfide) groups is 1. The molecule has 0 aliphatic heterocycles. The van der Waals surface area contributed by atoms with Crippen molar-refractivity contribution in [3.05, 3.63) is 58.4 Å². The van der Waals surface area contributed by atoms with Gasteiger partial charge in [0.2, 0.25) is 11.1 Å². The molecule has 0 aliphatic rings. The summed E-state index contributed by atoms with van der Waals surface area (Å²) in [5.74, 6) is -1.26. The summed E-state index contributed by atoms with van der Waals surface area (Å²) >= 11 is 1.37. The van der Waals surface area contributed by atoms with Crippen molar-refractivity contribution in [1.29, 1.82) is 0 Å². The molecule has 6 nitrogen and oxygen atoms in total. The van der Waals surface area contributed by atoms with Crippen LogP contribution in [0, 0.1) is 0 Å². The fraction of sp³-hybridized carbons (Fsp3) is 0.167. The van der Waals surface area contributed by atoms with Crippen LogP contribution in [0.5, 0.6) is 5.75 Å². The minimum Gasteiger partial charge on any atom is -0.476 e. The number of benzene rings is 2. The zero-order valence-corrected chi connectivity index (χ0v) is 15.2. The van der Waals surface area contributed by atoms with Crippen molar-refractivity contribution in [2.24, 2.45) is 0 Å². The molecule has 1 heterocycles. The van der Waals surface area contributed by atoms with Crippen molar-refractivity contribution in [3.8, 4) is 11.4 Å². The van der Waals surface area contributed by atoms with Crippen LogP contribution in [0.15, 0.2) is 52.2 Å². The number of aromatic carboxylic acids is 1. The van der Waals surface area contributed by atoms with Gasteiger partial charge in [0.25, 0.3) is 0 Å². The second-order valence-electron chi connectivity index (χ2n) is 5.52. The lowest BCUT2D eigenvalue weighted by Crippen LogP contribution is -2.23. The zero-order chi connectivity index (χ0) is 20.5. The molecule has 0 spiro atoms. The Kier molecular flexibility index (Phi) is 5.32. The molecular formula is C18H13F3N2O4S. The number of carbonyl (C=O) groups is 1. The number of hydrogen-bond acceptors (Lipinski definition) is 5. The molecule has 0 saturated carbocycles. The Morgan fingerprint density at radius 1 is 1.21 bits per heavy atom. The molecule has 3 rings (SSSR count). The molecular weight excluding hydrogens is 397 g/mol. The van der Waals surface area contributed by atoms with Crippen LogP contribution in [0.25, 0.3) is 16.6 Å². The SMILES string of the molecule is CCSc1cccc2c1c(=O)c(C(=O)O)nn2-c1ccc(OC(F)(F)F)cc1. The van der Waals surface area contributed by atoms with E-state index in [2.05, 4.69) is 9.84 Å². The van der Waals surface area contributed by atoms with Crippen molar-refractivity contribution < 1.29 is 27.8 Å². The first-order valence-electron chi connectivity index (χ1n) is 7.99. The summed E-state index contributed by atoms with van der Waals surface area (Å²) in [6, 6.07) is 9.74. The summed E-state index contributed by atoms with van der Waals surface area (Å²) in [6.45, 7) is 1.89. The number of nitrogens with zero attached hydrogens (tertiary/aromatic N) is 2. The van der Waals surface area contributed by atoms with Crippen molar-refractivity contribution >= 4 is 28.6 Å². The molecule has 0 aliphatic carbocycles. The number of fused-ring (bicyclic) bond motifs is 1. The summed E-state index contributed by atoms with van der Waals surface area (Å²) in [5.41, 5.74) is -0.766. The molecule has 1 N–H and O–H groups in total. The van der Waals surface area contributed by atoms with Gasteiger partial charge in [-0.25, -0.2) is 9.48 Å². The van der Waals surface area contributed by atoms with Crippen molar-refractivity contribution in [2.75, 3.05) is 5.75 Å². The normalized spacial score (nSPS) is 11.6. The molecule has 0 bridgehead atoms. The van der Waals surface area contributed by atoms with E-state index in [0.29, 0.717) is 16.2 Å². The monoisotopic (exact) mass is 410 g/mol. The van der Waals surface area contributed by atoms with Gasteiger partial charge in [-0.1, -0.05) is 13.0 Å². The predicted molar refractivity (Wildman–Crippen MR) is 97.4 cm³/mol. The molecule has 2 aromatic carbocycles. The van der Waals surface area contributed by atoms with Gasteiger partial charge in [0.1, 0.15) is 5.75 Å². The Morgan fingerprint density at radius 3 is 2.46 bits per heavy atom. The number of hydrogen-bond donors (Lipinski definition) is 1. The molecule has 10 heteroatoms. The van der Waals surface area contributed by atoms with Gasteiger partial charge in [0.15, 0.2) is 0 Å². The number of ether oxygens (including phenoxy) is 1. The lowest BCUT2D eigenvalue weighted by molar-refractivity contribution is -0.274. The number of halogens is 3. The minimum absolute atomic E-state index is 0.192. The maximum Gasteiger partial charge on any atom is 0.573 e. The van der Waals surface area contributed by atoms with Crippen LogP contribution in [0.2, 0.25) is 0 Å². The molecule has 0 atom stereocenters. The van der Waals surface area contributed by atoms with E-state index in [1.54, 1.807) is 18.2 Å². The molecule has 3 aromatic rings. The van der Waals surface area contributed by atoms with Gasteiger partial charge in [0.05, 0.1) is 16.6 Å². The van der Waals surface area contributed by atoms with Gasteiger partial charge < -0.3 is 9.84 Å². The fourth-order valence-electron chi connectivity index (χ4n) is 2.64. The van der Waals surface area contributed by atoms with E-state index in [1.165, 1.54) is 28.6 Å². The number of alkyl halides is 3. The second-order valence-corrected chi connectivity index (χ2v) is 6.83. The Labute approximate surface area is 160 Å². The lowest BCUT2D eigenvalue weighted by atomic mass is 10.2. The maximum absolute atomic E-state index is 12.6. The number of carboxylic acids is 1. The van der Waals surface area contributed by atoms with Crippen LogP contribution in [0.4, 0.5) is 13.2 Å². The first-order valence-corrected chi connectivity index (χ1v) is 8.98. The first kappa shape index (κ1) is 19.7. The molecule has 0 saturated heterocycles. The van der Waals surface area contributed by atoms with Gasteiger partial charge in [0, 0.05) is 4.90 Å². The number of aromatic nitrogens is 2. The summed E-state index contributed by atoms with van der Waals surface area (Å²) in [5, 5.41) is 13.5. The van der Waals surface area contributed by atoms with Gasteiger partial charge in [-0.05, 0) is 42.2 Å². The molecule has 1 aromatic heterocycles. The smallest absolute Gasteiger partial charge is 0.476 e. The summed E-state index contributed by atoms with van der Waals surface area (Å²) in [7, 11) is 0. The third kappa shape index (κ3) is 3.96. The van der Waals surface area contributed by atoms with Crippen LogP contribution in [-0.2, 0) is 0 Å². The van der Waals surface area contributed by atoms with Crippen LogP contribution in [0.3, 0.4) is 0 Å². The quantitative estimate of drug-likeness (QED) is 0.638. The number of rotatable bonds is 5. The van der Waals surface area contributed by atoms with Gasteiger partial charge in [-0.3, -0.25) is 4.79 Å².